The molecule has 1 atom stereocenters. The van der Waals surface area contributed by atoms with Gasteiger partial charge in [-0.1, -0.05) is 5.16 Å². The van der Waals surface area contributed by atoms with E-state index in [1.807, 2.05) is 4.90 Å². The molecule has 2 saturated heterocycles. The predicted molar refractivity (Wildman–Crippen MR) is 77.1 cm³/mol. The number of aryl methyl sites for hydroxylation is 1. The van der Waals surface area contributed by atoms with Crippen LogP contribution >= 0.6 is 0 Å². The second-order valence-electron chi connectivity index (χ2n) is 6.44. The van der Waals surface area contributed by atoms with Gasteiger partial charge in [-0.25, -0.2) is 0 Å². The van der Waals surface area contributed by atoms with E-state index in [9.17, 15) is 4.79 Å². The average molecular weight is 293 g/mol. The molecule has 116 valence electrons. The third-order valence-electron chi connectivity index (χ3n) is 4.86. The SMILES string of the molecule is COCC1CCN(C)C2(C1)CN(C(=O)c1cc(C)on1)C2. The number of hydrogen-bond donors (Lipinski definition) is 0. The van der Waals surface area contributed by atoms with Crippen molar-refractivity contribution in [2.75, 3.05) is 40.4 Å². The molecular formula is C15H23N3O3. The van der Waals surface area contributed by atoms with E-state index in [0.29, 0.717) is 17.4 Å². The molecule has 21 heavy (non-hydrogen) atoms. The second kappa shape index (κ2) is 5.42. The summed E-state index contributed by atoms with van der Waals surface area (Å²) >= 11 is 0. The van der Waals surface area contributed by atoms with Gasteiger partial charge in [-0.2, -0.15) is 0 Å². The van der Waals surface area contributed by atoms with E-state index >= 15 is 0 Å². The van der Waals surface area contributed by atoms with Crippen LogP contribution in [-0.4, -0.2) is 66.8 Å². The first-order valence-corrected chi connectivity index (χ1v) is 7.47. The summed E-state index contributed by atoms with van der Waals surface area (Å²) < 4.78 is 10.3. The van der Waals surface area contributed by atoms with Gasteiger partial charge in [-0.3, -0.25) is 9.69 Å². The van der Waals surface area contributed by atoms with Crippen molar-refractivity contribution in [3.8, 4) is 0 Å². The predicted octanol–water partition coefficient (Wildman–Crippen LogP) is 1.17. The van der Waals surface area contributed by atoms with Gasteiger partial charge in [0.1, 0.15) is 5.76 Å². The van der Waals surface area contributed by atoms with Gasteiger partial charge < -0.3 is 14.2 Å². The quantitative estimate of drug-likeness (QED) is 0.837. The molecule has 1 unspecified atom stereocenters. The Morgan fingerprint density at radius 1 is 1.57 bits per heavy atom. The lowest BCUT2D eigenvalue weighted by atomic mass is 9.75. The van der Waals surface area contributed by atoms with E-state index in [2.05, 4.69) is 17.1 Å². The number of rotatable bonds is 3. The highest BCUT2D eigenvalue weighted by molar-refractivity contribution is 5.93. The Morgan fingerprint density at radius 2 is 2.33 bits per heavy atom. The minimum atomic E-state index is -0.0280. The van der Waals surface area contributed by atoms with Crippen LogP contribution in [0.2, 0.25) is 0 Å². The summed E-state index contributed by atoms with van der Waals surface area (Å²) in [6.45, 7) is 5.22. The fourth-order valence-corrected chi connectivity index (χ4v) is 3.59. The maximum Gasteiger partial charge on any atom is 0.276 e. The number of methoxy groups -OCH3 is 1. The highest BCUT2D eigenvalue weighted by Crippen LogP contribution is 2.38. The summed E-state index contributed by atoms with van der Waals surface area (Å²) in [6, 6.07) is 1.70. The number of aromatic nitrogens is 1. The molecule has 0 N–H and O–H groups in total. The zero-order valence-electron chi connectivity index (χ0n) is 13.0. The number of piperidine rings is 1. The lowest BCUT2D eigenvalue weighted by Gasteiger charge is -2.58. The second-order valence-corrected chi connectivity index (χ2v) is 6.44. The summed E-state index contributed by atoms with van der Waals surface area (Å²) in [5.41, 5.74) is 0.532. The monoisotopic (exact) mass is 293 g/mol. The Balaban J connectivity index is 1.64. The van der Waals surface area contributed by atoms with Crippen LogP contribution in [0.4, 0.5) is 0 Å². The Kier molecular flexibility index (Phi) is 3.75. The van der Waals surface area contributed by atoms with Gasteiger partial charge in [0.05, 0.1) is 5.54 Å². The first-order valence-electron chi connectivity index (χ1n) is 7.47. The first-order chi connectivity index (χ1) is 10.0. The number of ether oxygens (including phenoxy) is 1. The lowest BCUT2D eigenvalue weighted by molar-refractivity contribution is -0.0733. The van der Waals surface area contributed by atoms with E-state index in [1.54, 1.807) is 20.1 Å². The number of hydrogen-bond acceptors (Lipinski definition) is 5. The lowest BCUT2D eigenvalue weighted by Crippen LogP contribution is -2.72. The van der Waals surface area contributed by atoms with Crippen molar-refractivity contribution in [1.29, 1.82) is 0 Å². The molecule has 6 heteroatoms. The summed E-state index contributed by atoms with van der Waals surface area (Å²) in [4.78, 5) is 16.6. The van der Waals surface area contributed by atoms with Crippen LogP contribution in [0, 0.1) is 12.8 Å². The summed E-state index contributed by atoms with van der Waals surface area (Å²) in [5, 5.41) is 3.82. The topological polar surface area (TPSA) is 58.8 Å². The standard InChI is InChI=1S/C15H23N3O3/c1-11-6-13(16-21-11)14(19)18-9-15(10-18)7-12(8-20-3)4-5-17(15)2/h6,12H,4-5,7-10H2,1-3H3. The van der Waals surface area contributed by atoms with Crippen LogP contribution < -0.4 is 0 Å². The Morgan fingerprint density at radius 3 is 2.95 bits per heavy atom. The summed E-state index contributed by atoms with van der Waals surface area (Å²) in [7, 11) is 3.92. The highest BCUT2D eigenvalue weighted by Gasteiger charge is 2.51. The average Bonchev–Trinajstić information content (AvgIpc) is 2.85. The molecule has 0 saturated carbocycles. The van der Waals surface area contributed by atoms with Crippen molar-refractivity contribution in [2.24, 2.45) is 5.92 Å². The first kappa shape index (κ1) is 14.5. The molecule has 1 spiro atoms. The van der Waals surface area contributed by atoms with Crippen LogP contribution in [0.5, 0.6) is 0 Å². The minimum Gasteiger partial charge on any atom is -0.384 e. The van der Waals surface area contributed by atoms with Crippen LogP contribution in [0.3, 0.4) is 0 Å². The van der Waals surface area contributed by atoms with E-state index in [-0.39, 0.29) is 11.4 Å². The summed E-state index contributed by atoms with van der Waals surface area (Å²) in [6.07, 6.45) is 2.27. The van der Waals surface area contributed by atoms with Crippen LogP contribution in [0.1, 0.15) is 29.1 Å². The Bertz CT molecular complexity index is 522. The molecule has 0 radical (unpaired) electrons. The van der Waals surface area contributed by atoms with Crippen LogP contribution in [-0.2, 0) is 4.74 Å². The van der Waals surface area contributed by atoms with Gasteiger partial charge in [0.2, 0.25) is 0 Å². The molecule has 0 aliphatic carbocycles. The molecule has 1 amide bonds. The Labute approximate surface area is 125 Å². The maximum absolute atomic E-state index is 12.3. The zero-order chi connectivity index (χ0) is 15.0. The van der Waals surface area contributed by atoms with Crippen molar-refractivity contribution in [1.82, 2.24) is 15.0 Å². The molecule has 3 heterocycles. The number of amides is 1. The van der Waals surface area contributed by atoms with E-state index in [1.165, 1.54) is 6.42 Å². The molecule has 1 aromatic heterocycles. The highest BCUT2D eigenvalue weighted by atomic mass is 16.5. The molecule has 1 aromatic rings. The van der Waals surface area contributed by atoms with Gasteiger partial charge in [-0.05, 0) is 39.3 Å². The third kappa shape index (κ3) is 2.58. The fourth-order valence-electron chi connectivity index (χ4n) is 3.59. The largest absolute Gasteiger partial charge is 0.384 e. The van der Waals surface area contributed by atoms with Crippen molar-refractivity contribution in [3.05, 3.63) is 17.5 Å². The van der Waals surface area contributed by atoms with Crippen LogP contribution in [0.25, 0.3) is 0 Å². The van der Waals surface area contributed by atoms with Crippen molar-refractivity contribution in [2.45, 2.75) is 25.3 Å². The smallest absolute Gasteiger partial charge is 0.276 e. The maximum atomic E-state index is 12.3. The van der Waals surface area contributed by atoms with Gasteiger partial charge in [0.15, 0.2) is 5.69 Å². The molecule has 2 aliphatic heterocycles. The number of carbonyl (C=O) groups excluding carboxylic acids is 1. The number of likely N-dealkylation sites (tertiary alicyclic amines) is 2. The number of carbonyl (C=O) groups is 1. The van der Waals surface area contributed by atoms with Gasteiger partial charge >= 0.3 is 0 Å². The van der Waals surface area contributed by atoms with Gasteiger partial charge in [-0.15, -0.1) is 0 Å². The third-order valence-corrected chi connectivity index (χ3v) is 4.86. The number of likely N-dealkylation sites (N-methyl/N-ethyl adjacent to an activating group) is 1. The Hall–Kier alpha value is -1.40. The summed E-state index contributed by atoms with van der Waals surface area (Å²) in [5.74, 6) is 1.24. The molecular weight excluding hydrogens is 270 g/mol. The number of nitrogens with zero attached hydrogens (tertiary/aromatic N) is 3. The molecule has 6 nitrogen and oxygen atoms in total. The van der Waals surface area contributed by atoms with Crippen LogP contribution in [0.15, 0.2) is 10.6 Å². The molecule has 2 fully saturated rings. The zero-order valence-corrected chi connectivity index (χ0v) is 13.0. The van der Waals surface area contributed by atoms with E-state index < -0.39 is 0 Å². The molecule has 0 bridgehead atoms. The normalized spacial score (nSPS) is 25.1. The van der Waals surface area contributed by atoms with E-state index in [0.717, 1.165) is 32.7 Å². The van der Waals surface area contributed by atoms with Gasteiger partial charge in [0.25, 0.3) is 5.91 Å². The molecule has 0 aromatic carbocycles. The fraction of sp³-hybridized carbons (Fsp3) is 0.733. The molecule has 2 aliphatic rings. The van der Waals surface area contributed by atoms with Crippen molar-refractivity contribution in [3.63, 3.8) is 0 Å². The van der Waals surface area contributed by atoms with E-state index in [4.69, 9.17) is 9.26 Å². The van der Waals surface area contributed by atoms with Gasteiger partial charge in [0, 0.05) is 32.9 Å². The van der Waals surface area contributed by atoms with Crippen molar-refractivity contribution >= 4 is 5.91 Å². The molecule has 3 rings (SSSR count). The minimum absolute atomic E-state index is 0.0280. The van der Waals surface area contributed by atoms with Crippen molar-refractivity contribution < 1.29 is 14.1 Å².